The zero-order valence-corrected chi connectivity index (χ0v) is 22.8. The molecular weight excluding hydrogens is 536 g/mol. The van der Waals surface area contributed by atoms with Gasteiger partial charge in [0, 0.05) is 10.0 Å². The number of carbonyl (C=O) groups is 1. The maximum Gasteiger partial charge on any atom is 0.264 e. The molecule has 1 saturated heterocycles. The van der Waals surface area contributed by atoms with Crippen molar-refractivity contribution in [2.24, 2.45) is 4.99 Å². The quantitative estimate of drug-likeness (QED) is 0.231. The summed E-state index contributed by atoms with van der Waals surface area (Å²) in [6, 6.07) is 17.8. The first-order valence-electron chi connectivity index (χ1n) is 11.4. The molecule has 1 aliphatic heterocycles. The molecule has 1 amide bonds. The summed E-state index contributed by atoms with van der Waals surface area (Å²) in [4.78, 5) is 17.9. The number of aryl methyl sites for hydroxylation is 2. The molecule has 0 aromatic heterocycles. The van der Waals surface area contributed by atoms with E-state index in [-0.39, 0.29) is 5.91 Å². The largest absolute Gasteiger partial charge is 0.493 e. The Hall–Kier alpha value is -3.29. The summed E-state index contributed by atoms with van der Waals surface area (Å²) in [5.41, 5.74) is 5.83. The number of methoxy groups -OCH3 is 1. The second kappa shape index (κ2) is 11.6. The number of rotatable bonds is 8. The first kappa shape index (κ1) is 25.8. The highest BCUT2D eigenvalue weighted by Crippen LogP contribution is 2.37. The van der Waals surface area contributed by atoms with Gasteiger partial charge in [-0.1, -0.05) is 52.3 Å². The Labute approximate surface area is 224 Å². The topological polar surface area (TPSA) is 59.9 Å². The van der Waals surface area contributed by atoms with Crippen LogP contribution in [0, 0.1) is 13.8 Å². The fourth-order valence-electron chi connectivity index (χ4n) is 3.86. The van der Waals surface area contributed by atoms with Gasteiger partial charge >= 0.3 is 0 Å². The maximum absolute atomic E-state index is 12.7. The summed E-state index contributed by atoms with van der Waals surface area (Å²) in [7, 11) is 1.61. The molecular formula is C29H27BrN2O3S. The van der Waals surface area contributed by atoms with E-state index in [1.807, 2.05) is 80.6 Å². The zero-order valence-electron chi connectivity index (χ0n) is 20.4. The van der Waals surface area contributed by atoms with Gasteiger partial charge < -0.3 is 14.8 Å². The van der Waals surface area contributed by atoms with Crippen molar-refractivity contribution in [3.63, 3.8) is 0 Å². The van der Waals surface area contributed by atoms with E-state index in [4.69, 9.17) is 9.47 Å². The van der Waals surface area contributed by atoms with Crippen molar-refractivity contribution in [1.82, 2.24) is 5.32 Å². The van der Waals surface area contributed by atoms with E-state index in [0.29, 0.717) is 34.6 Å². The Bertz CT molecular complexity index is 1340. The van der Waals surface area contributed by atoms with Crippen molar-refractivity contribution in [2.75, 3.05) is 7.11 Å². The lowest BCUT2D eigenvalue weighted by molar-refractivity contribution is -0.115. The maximum atomic E-state index is 12.7. The van der Waals surface area contributed by atoms with Gasteiger partial charge in [0.2, 0.25) is 0 Å². The molecule has 1 fully saturated rings. The minimum Gasteiger partial charge on any atom is -0.493 e. The molecule has 0 saturated carbocycles. The normalized spacial score (nSPS) is 15.3. The number of halogens is 1. The summed E-state index contributed by atoms with van der Waals surface area (Å²) < 4.78 is 12.9. The highest BCUT2D eigenvalue weighted by molar-refractivity contribution is 9.10. The number of nitrogens with one attached hydrogen (secondary N) is 1. The van der Waals surface area contributed by atoms with E-state index in [1.165, 1.54) is 11.8 Å². The monoisotopic (exact) mass is 562 g/mol. The van der Waals surface area contributed by atoms with Crippen LogP contribution in [0.3, 0.4) is 0 Å². The van der Waals surface area contributed by atoms with Crippen molar-refractivity contribution < 1.29 is 14.3 Å². The Morgan fingerprint density at radius 2 is 1.83 bits per heavy atom. The minimum atomic E-state index is -0.182. The van der Waals surface area contributed by atoms with E-state index < -0.39 is 0 Å². The van der Waals surface area contributed by atoms with Gasteiger partial charge in [0.25, 0.3) is 5.91 Å². The van der Waals surface area contributed by atoms with Crippen LogP contribution in [-0.4, -0.2) is 18.2 Å². The molecule has 0 radical (unpaired) electrons. The van der Waals surface area contributed by atoms with Crippen molar-refractivity contribution in [3.05, 3.63) is 104 Å². The summed E-state index contributed by atoms with van der Waals surface area (Å²) >= 11 is 4.89. The number of nitrogens with zero attached hydrogens (tertiary/aromatic N) is 1. The molecule has 0 unspecified atom stereocenters. The van der Waals surface area contributed by atoms with Gasteiger partial charge in [0.15, 0.2) is 16.7 Å². The predicted molar refractivity (Wildman–Crippen MR) is 152 cm³/mol. The number of aliphatic imine (C=N–C) groups is 1. The van der Waals surface area contributed by atoms with Gasteiger partial charge in [-0.3, -0.25) is 4.79 Å². The molecule has 36 heavy (non-hydrogen) atoms. The summed E-state index contributed by atoms with van der Waals surface area (Å²) in [5.74, 6) is 1.10. The average Bonchev–Trinajstić information content (AvgIpc) is 3.20. The van der Waals surface area contributed by atoms with Crippen LogP contribution in [0.5, 0.6) is 11.5 Å². The van der Waals surface area contributed by atoms with Crippen molar-refractivity contribution in [3.8, 4) is 11.5 Å². The first-order chi connectivity index (χ1) is 17.4. The van der Waals surface area contributed by atoms with Crippen LogP contribution < -0.4 is 14.8 Å². The summed E-state index contributed by atoms with van der Waals surface area (Å²) in [6.07, 6.45) is 4.27. The smallest absolute Gasteiger partial charge is 0.264 e. The number of carbonyl (C=O) groups excluding carboxylic acids is 1. The third kappa shape index (κ3) is 6.09. The van der Waals surface area contributed by atoms with Crippen LogP contribution in [0.15, 0.2) is 81.6 Å². The molecule has 0 spiro atoms. The molecule has 4 rings (SSSR count). The number of ether oxygens (including phenoxy) is 2. The number of amidine groups is 1. The van der Waals surface area contributed by atoms with Crippen molar-refractivity contribution in [2.45, 2.75) is 26.9 Å². The molecule has 0 atom stereocenters. The second-order valence-electron chi connectivity index (χ2n) is 8.35. The number of allylic oxidation sites excluding steroid dienone is 1. The SMILES string of the molecule is C=CCc1cc(/C=C2\SC(=Nc3cc(C)c(Br)c(C)c3)NC2=O)cc(OC)c1OCc1ccccc1. The third-order valence-corrected chi connectivity index (χ3v) is 7.73. The van der Waals surface area contributed by atoms with Crippen LogP contribution in [0.25, 0.3) is 6.08 Å². The van der Waals surface area contributed by atoms with E-state index in [1.54, 1.807) is 7.11 Å². The standard InChI is InChI=1S/C29H27BrN2O3S/c1-5-9-22-14-21(15-24(34-4)27(22)35-17-20-10-7-6-8-11-20)16-25-28(33)32-29(36-25)31-23-12-18(2)26(30)19(3)13-23/h5-8,10-16H,1,9,17H2,2-4H3,(H,31,32,33)/b25-16-. The van der Waals surface area contributed by atoms with Crippen LogP contribution in [0.1, 0.15) is 27.8 Å². The van der Waals surface area contributed by atoms with Crippen LogP contribution >= 0.6 is 27.7 Å². The summed E-state index contributed by atoms with van der Waals surface area (Å²) in [5, 5.41) is 3.42. The fraction of sp³-hybridized carbons (Fsp3) is 0.172. The highest BCUT2D eigenvalue weighted by atomic mass is 79.9. The Morgan fingerprint density at radius 1 is 1.11 bits per heavy atom. The van der Waals surface area contributed by atoms with Gasteiger partial charge in [-0.25, -0.2) is 4.99 Å². The number of benzene rings is 3. The molecule has 0 bridgehead atoms. The second-order valence-corrected chi connectivity index (χ2v) is 10.2. The predicted octanol–water partition coefficient (Wildman–Crippen LogP) is 7.27. The molecule has 1 N–H and O–H groups in total. The van der Waals surface area contributed by atoms with Gasteiger partial charge in [-0.05, 0) is 84.6 Å². The van der Waals surface area contributed by atoms with Crippen molar-refractivity contribution in [1.29, 1.82) is 0 Å². The number of amides is 1. The number of hydrogen-bond donors (Lipinski definition) is 1. The molecule has 184 valence electrons. The zero-order chi connectivity index (χ0) is 25.7. The molecule has 3 aromatic rings. The van der Waals surface area contributed by atoms with Gasteiger partial charge in [-0.15, -0.1) is 6.58 Å². The lowest BCUT2D eigenvalue weighted by Gasteiger charge is -2.16. The van der Waals surface area contributed by atoms with E-state index in [9.17, 15) is 4.79 Å². The minimum absolute atomic E-state index is 0.182. The summed E-state index contributed by atoms with van der Waals surface area (Å²) in [6.45, 7) is 8.35. The van der Waals surface area contributed by atoms with Crippen LogP contribution in [0.4, 0.5) is 5.69 Å². The van der Waals surface area contributed by atoms with E-state index in [2.05, 4.69) is 32.8 Å². The van der Waals surface area contributed by atoms with Crippen LogP contribution in [0.2, 0.25) is 0 Å². The lowest BCUT2D eigenvalue weighted by Crippen LogP contribution is -2.19. The molecule has 0 aliphatic carbocycles. The van der Waals surface area contributed by atoms with Crippen molar-refractivity contribution >= 4 is 50.5 Å². The highest BCUT2D eigenvalue weighted by Gasteiger charge is 2.24. The van der Waals surface area contributed by atoms with E-state index in [0.717, 1.165) is 38.0 Å². The molecule has 1 aliphatic rings. The molecule has 3 aromatic carbocycles. The first-order valence-corrected chi connectivity index (χ1v) is 13.0. The molecule has 7 heteroatoms. The Balaban J connectivity index is 1.61. The van der Waals surface area contributed by atoms with Crippen LogP contribution in [-0.2, 0) is 17.8 Å². The number of hydrogen-bond acceptors (Lipinski definition) is 5. The average molecular weight is 564 g/mol. The number of thioether (sulfide) groups is 1. The Morgan fingerprint density at radius 3 is 2.50 bits per heavy atom. The van der Waals surface area contributed by atoms with Gasteiger partial charge in [-0.2, -0.15) is 0 Å². The van der Waals surface area contributed by atoms with Gasteiger partial charge in [0.05, 0.1) is 17.7 Å². The van der Waals surface area contributed by atoms with Gasteiger partial charge in [0.1, 0.15) is 6.61 Å². The lowest BCUT2D eigenvalue weighted by atomic mass is 10.0. The fourth-order valence-corrected chi connectivity index (χ4v) is 4.93. The molecule has 1 heterocycles. The third-order valence-electron chi connectivity index (χ3n) is 5.56. The Kier molecular flexibility index (Phi) is 8.33. The molecule has 5 nitrogen and oxygen atoms in total. The van der Waals surface area contributed by atoms with E-state index >= 15 is 0 Å².